The van der Waals surface area contributed by atoms with Gasteiger partial charge >= 0.3 is 11.7 Å². The lowest BCUT2D eigenvalue weighted by Crippen LogP contribution is -2.43. The highest BCUT2D eigenvalue weighted by Crippen LogP contribution is 2.32. The number of carboxylic acid groups (broad SMARTS) is 1. The van der Waals surface area contributed by atoms with E-state index in [1.807, 2.05) is 6.92 Å². The topological polar surface area (TPSA) is 102 Å². The lowest BCUT2D eigenvalue weighted by molar-refractivity contribution is -0.385. The van der Waals surface area contributed by atoms with Crippen molar-refractivity contribution in [1.29, 1.82) is 0 Å². The number of benzene rings is 1. The molecule has 1 unspecified atom stereocenters. The van der Waals surface area contributed by atoms with Crippen molar-refractivity contribution in [3.05, 3.63) is 28.3 Å². The molecule has 7 nitrogen and oxygen atoms in total. The predicted octanol–water partition coefficient (Wildman–Crippen LogP) is 3.05. The zero-order chi connectivity index (χ0) is 16.0. The molecule has 1 aromatic carbocycles. The molecule has 0 spiro atoms. The molecule has 1 atom stereocenters. The number of carboxylic acids is 1. The van der Waals surface area contributed by atoms with Gasteiger partial charge in [-0.1, -0.05) is 13.3 Å². The van der Waals surface area contributed by atoms with Gasteiger partial charge in [-0.3, -0.25) is 10.1 Å². The largest absolute Gasteiger partial charge is 0.487 e. The first kappa shape index (κ1) is 16.7. The molecule has 0 aliphatic rings. The van der Waals surface area contributed by atoms with E-state index in [1.165, 1.54) is 18.2 Å². The summed E-state index contributed by atoms with van der Waals surface area (Å²) in [7, 11) is 0. The van der Waals surface area contributed by atoms with Crippen LogP contribution in [0.15, 0.2) is 18.2 Å². The summed E-state index contributed by atoms with van der Waals surface area (Å²) in [4.78, 5) is 21.8. The predicted molar refractivity (Wildman–Crippen MR) is 78.8 cm³/mol. The van der Waals surface area contributed by atoms with Crippen molar-refractivity contribution in [2.45, 2.75) is 39.2 Å². The van der Waals surface area contributed by atoms with Crippen molar-refractivity contribution in [2.75, 3.05) is 11.9 Å². The van der Waals surface area contributed by atoms with E-state index in [9.17, 15) is 20.0 Å². The van der Waals surface area contributed by atoms with E-state index in [1.54, 1.807) is 13.8 Å². The van der Waals surface area contributed by atoms with Crippen molar-refractivity contribution in [2.24, 2.45) is 0 Å². The first-order valence-corrected chi connectivity index (χ1v) is 6.77. The molecule has 0 fully saturated rings. The minimum atomic E-state index is -1.13. The lowest BCUT2D eigenvalue weighted by Gasteiger charge is -2.27. The Bertz CT molecular complexity index is 532. The second-order valence-corrected chi connectivity index (χ2v) is 4.88. The summed E-state index contributed by atoms with van der Waals surface area (Å²) in [6.07, 6.45) is 1.13. The highest BCUT2D eigenvalue weighted by molar-refractivity contribution is 5.82. The van der Waals surface area contributed by atoms with Gasteiger partial charge < -0.3 is 15.2 Å². The third-order valence-corrected chi connectivity index (χ3v) is 3.10. The van der Waals surface area contributed by atoms with Gasteiger partial charge in [-0.2, -0.15) is 0 Å². The van der Waals surface area contributed by atoms with E-state index in [0.717, 1.165) is 0 Å². The van der Waals surface area contributed by atoms with E-state index in [4.69, 9.17) is 4.74 Å². The fourth-order valence-electron chi connectivity index (χ4n) is 2.06. The Morgan fingerprint density at radius 3 is 2.62 bits per heavy atom. The van der Waals surface area contributed by atoms with E-state index in [2.05, 4.69) is 5.32 Å². The maximum absolute atomic E-state index is 11.4. The van der Waals surface area contributed by atoms with Gasteiger partial charge in [0.1, 0.15) is 5.54 Å². The minimum Gasteiger partial charge on any atom is -0.487 e. The van der Waals surface area contributed by atoms with Crippen LogP contribution in [-0.4, -0.2) is 28.1 Å². The smallest absolute Gasteiger partial charge is 0.329 e. The van der Waals surface area contributed by atoms with Crippen molar-refractivity contribution in [3.63, 3.8) is 0 Å². The minimum absolute atomic E-state index is 0.122. The second kappa shape index (κ2) is 6.92. The monoisotopic (exact) mass is 296 g/mol. The van der Waals surface area contributed by atoms with Crippen LogP contribution >= 0.6 is 0 Å². The molecule has 21 heavy (non-hydrogen) atoms. The van der Waals surface area contributed by atoms with Gasteiger partial charge in [-0.15, -0.1) is 0 Å². The zero-order valence-corrected chi connectivity index (χ0v) is 12.4. The maximum Gasteiger partial charge on any atom is 0.329 e. The van der Waals surface area contributed by atoms with Crippen LogP contribution in [-0.2, 0) is 4.79 Å². The third-order valence-electron chi connectivity index (χ3n) is 3.10. The molecule has 2 N–H and O–H groups in total. The van der Waals surface area contributed by atoms with Gasteiger partial charge in [-0.05, 0) is 26.3 Å². The fourth-order valence-corrected chi connectivity index (χ4v) is 2.06. The number of anilines is 1. The molecule has 0 aliphatic carbocycles. The number of nitrogens with one attached hydrogen (secondary N) is 1. The van der Waals surface area contributed by atoms with Crippen LogP contribution in [0.25, 0.3) is 0 Å². The van der Waals surface area contributed by atoms with E-state index in [0.29, 0.717) is 18.5 Å². The van der Waals surface area contributed by atoms with E-state index >= 15 is 0 Å². The van der Waals surface area contributed by atoms with Crippen LogP contribution in [0.5, 0.6) is 5.75 Å². The molecule has 0 saturated carbocycles. The maximum atomic E-state index is 11.4. The molecule has 0 heterocycles. The van der Waals surface area contributed by atoms with Gasteiger partial charge in [-0.25, -0.2) is 4.79 Å². The van der Waals surface area contributed by atoms with Crippen LogP contribution in [0.1, 0.15) is 33.6 Å². The highest BCUT2D eigenvalue weighted by atomic mass is 16.6. The van der Waals surface area contributed by atoms with Crippen LogP contribution < -0.4 is 10.1 Å². The van der Waals surface area contributed by atoms with E-state index < -0.39 is 16.4 Å². The number of nitro benzene ring substituents is 1. The van der Waals surface area contributed by atoms with Gasteiger partial charge in [0.25, 0.3) is 0 Å². The molecule has 0 aliphatic heterocycles. The number of rotatable bonds is 8. The summed E-state index contributed by atoms with van der Waals surface area (Å²) in [5, 5.41) is 23.2. The SMILES string of the molecule is CCCC(C)(Nc1ccc([N+](=O)[O-])c(OCC)c1)C(=O)O. The molecule has 116 valence electrons. The van der Waals surface area contributed by atoms with Gasteiger partial charge in [0.2, 0.25) is 0 Å². The summed E-state index contributed by atoms with van der Waals surface area (Å²) >= 11 is 0. The molecule has 0 radical (unpaired) electrons. The summed E-state index contributed by atoms with van der Waals surface area (Å²) in [6.45, 7) is 5.49. The molecule has 0 bridgehead atoms. The number of hydrogen-bond donors (Lipinski definition) is 2. The van der Waals surface area contributed by atoms with E-state index in [-0.39, 0.29) is 18.0 Å². The summed E-state index contributed by atoms with van der Waals surface area (Å²) < 4.78 is 5.24. The van der Waals surface area contributed by atoms with Crippen molar-refractivity contribution in [3.8, 4) is 5.75 Å². The normalized spacial score (nSPS) is 13.3. The van der Waals surface area contributed by atoms with Gasteiger partial charge in [0.05, 0.1) is 11.5 Å². The summed E-state index contributed by atoms with van der Waals surface area (Å²) in [5.74, 6) is -0.850. The Kier molecular flexibility index (Phi) is 5.52. The van der Waals surface area contributed by atoms with Crippen LogP contribution in [0.3, 0.4) is 0 Å². The quantitative estimate of drug-likeness (QED) is 0.564. The molecule has 0 aromatic heterocycles. The molecule has 0 amide bonds. The molecular formula is C14H20N2O5. The third kappa shape index (κ3) is 4.08. The van der Waals surface area contributed by atoms with Crippen molar-refractivity contribution >= 4 is 17.3 Å². The molecule has 7 heteroatoms. The Labute approximate surface area is 123 Å². The fraction of sp³-hybridized carbons (Fsp3) is 0.500. The Balaban J connectivity index is 3.11. The number of ether oxygens (including phenoxy) is 1. The van der Waals surface area contributed by atoms with Gasteiger partial charge in [0, 0.05) is 17.8 Å². The number of nitro groups is 1. The van der Waals surface area contributed by atoms with Crippen molar-refractivity contribution < 1.29 is 19.6 Å². The summed E-state index contributed by atoms with van der Waals surface area (Å²) in [5.41, 5.74) is -0.800. The average molecular weight is 296 g/mol. The molecule has 1 rings (SSSR count). The molecule has 1 aromatic rings. The average Bonchev–Trinajstić information content (AvgIpc) is 2.39. The molecular weight excluding hydrogens is 276 g/mol. The number of hydrogen-bond acceptors (Lipinski definition) is 5. The Morgan fingerprint density at radius 1 is 1.48 bits per heavy atom. The van der Waals surface area contributed by atoms with Crippen LogP contribution in [0.4, 0.5) is 11.4 Å². The number of carbonyl (C=O) groups is 1. The number of nitrogens with zero attached hydrogens (tertiary/aromatic N) is 1. The van der Waals surface area contributed by atoms with Crippen LogP contribution in [0.2, 0.25) is 0 Å². The first-order chi connectivity index (χ1) is 9.84. The Hall–Kier alpha value is -2.31. The Morgan fingerprint density at radius 2 is 2.14 bits per heavy atom. The zero-order valence-electron chi connectivity index (χ0n) is 12.4. The summed E-state index contributed by atoms with van der Waals surface area (Å²) in [6, 6.07) is 4.25. The van der Waals surface area contributed by atoms with Gasteiger partial charge in [0.15, 0.2) is 5.75 Å². The highest BCUT2D eigenvalue weighted by Gasteiger charge is 2.32. The first-order valence-electron chi connectivity index (χ1n) is 6.77. The van der Waals surface area contributed by atoms with Crippen LogP contribution in [0, 0.1) is 10.1 Å². The second-order valence-electron chi connectivity index (χ2n) is 4.88. The lowest BCUT2D eigenvalue weighted by atomic mass is 9.96. The van der Waals surface area contributed by atoms with Crippen molar-refractivity contribution in [1.82, 2.24) is 0 Å². The standard InChI is InChI=1S/C14H20N2O5/c1-4-8-14(3,13(17)18)15-10-6-7-11(16(19)20)12(9-10)21-5-2/h6-7,9,15H,4-5,8H2,1-3H3,(H,17,18). The molecule has 0 saturated heterocycles. The number of aliphatic carboxylic acids is 1.